The van der Waals surface area contributed by atoms with Crippen molar-refractivity contribution in [1.29, 1.82) is 0 Å². The molecule has 0 aromatic carbocycles. The number of hydrogen-bond donors (Lipinski definition) is 0. The van der Waals surface area contributed by atoms with Crippen molar-refractivity contribution in [2.24, 2.45) is 5.92 Å². The zero-order valence-corrected chi connectivity index (χ0v) is 9.49. The second kappa shape index (κ2) is 5.49. The number of Topliss-reactive ketones (excluding diaryl/α,β-unsaturated/α-hetero) is 1. The molecule has 1 heterocycles. The molecule has 0 radical (unpaired) electrons. The molecule has 0 saturated carbocycles. The Morgan fingerprint density at radius 2 is 2.20 bits per heavy atom. The molecule has 1 aromatic rings. The fourth-order valence-electron chi connectivity index (χ4n) is 1.14. The van der Waals surface area contributed by atoms with Crippen molar-refractivity contribution < 1.29 is 9.53 Å². The van der Waals surface area contributed by atoms with E-state index in [0.717, 1.165) is 5.69 Å². The lowest BCUT2D eigenvalue weighted by atomic mass is 10.2. The first kappa shape index (κ1) is 11.7. The van der Waals surface area contributed by atoms with Gasteiger partial charge in [-0.2, -0.15) is 0 Å². The van der Waals surface area contributed by atoms with Gasteiger partial charge in [0.15, 0.2) is 0 Å². The molecule has 0 fully saturated rings. The minimum atomic E-state index is 0.114. The Labute approximate surface area is 90.5 Å². The number of rotatable bonds is 5. The Balaban J connectivity index is 2.61. The van der Waals surface area contributed by atoms with Gasteiger partial charge in [0.2, 0.25) is 5.88 Å². The molecular weight excluding hydrogens is 190 g/mol. The number of pyridine rings is 1. The zero-order chi connectivity index (χ0) is 11.3. The maximum absolute atomic E-state index is 10.9. The molecule has 0 aliphatic carbocycles. The summed E-state index contributed by atoms with van der Waals surface area (Å²) < 4.78 is 5.47. The average Bonchev–Trinajstić information content (AvgIpc) is 2.14. The van der Waals surface area contributed by atoms with Crippen LogP contribution in [0.2, 0.25) is 0 Å². The molecule has 0 spiro atoms. The highest BCUT2D eigenvalue weighted by atomic mass is 16.5. The highest BCUT2D eigenvalue weighted by molar-refractivity contribution is 5.77. The van der Waals surface area contributed by atoms with E-state index in [1.807, 2.05) is 18.2 Å². The summed E-state index contributed by atoms with van der Waals surface area (Å²) in [4.78, 5) is 15.2. The summed E-state index contributed by atoms with van der Waals surface area (Å²) in [6.07, 6.45) is 0.374. The van der Waals surface area contributed by atoms with Crippen molar-refractivity contribution in [1.82, 2.24) is 4.98 Å². The molecule has 1 aromatic heterocycles. The highest BCUT2D eigenvalue weighted by Crippen LogP contribution is 2.09. The van der Waals surface area contributed by atoms with Gasteiger partial charge < -0.3 is 4.74 Å². The molecule has 0 aliphatic rings. The van der Waals surface area contributed by atoms with Gasteiger partial charge in [0.05, 0.1) is 12.3 Å². The van der Waals surface area contributed by atoms with Crippen molar-refractivity contribution in [3.63, 3.8) is 0 Å². The number of carbonyl (C=O) groups is 1. The molecule has 0 atom stereocenters. The zero-order valence-electron chi connectivity index (χ0n) is 9.49. The second-order valence-electron chi connectivity index (χ2n) is 4.05. The maximum atomic E-state index is 10.9. The summed E-state index contributed by atoms with van der Waals surface area (Å²) in [5.41, 5.74) is 0.767. The molecule has 3 nitrogen and oxygen atoms in total. The summed E-state index contributed by atoms with van der Waals surface area (Å²) in [7, 11) is 0. The van der Waals surface area contributed by atoms with Gasteiger partial charge in [-0.3, -0.25) is 4.79 Å². The van der Waals surface area contributed by atoms with Crippen LogP contribution >= 0.6 is 0 Å². The first-order chi connectivity index (χ1) is 7.08. The fraction of sp³-hybridized carbons (Fsp3) is 0.500. The van der Waals surface area contributed by atoms with Gasteiger partial charge in [0.25, 0.3) is 0 Å². The Morgan fingerprint density at radius 3 is 2.80 bits per heavy atom. The molecule has 0 unspecified atom stereocenters. The van der Waals surface area contributed by atoms with Crippen molar-refractivity contribution in [3.8, 4) is 5.88 Å². The summed E-state index contributed by atoms with van der Waals surface area (Å²) in [5, 5.41) is 0. The molecule has 0 saturated heterocycles. The number of ketones is 1. The number of nitrogens with zero attached hydrogens (tertiary/aromatic N) is 1. The number of ether oxygens (including phenoxy) is 1. The lowest BCUT2D eigenvalue weighted by molar-refractivity contribution is -0.116. The van der Waals surface area contributed by atoms with Crippen LogP contribution in [0.25, 0.3) is 0 Å². The third-order valence-electron chi connectivity index (χ3n) is 1.78. The van der Waals surface area contributed by atoms with Gasteiger partial charge in [-0.15, -0.1) is 0 Å². The normalized spacial score (nSPS) is 10.4. The van der Waals surface area contributed by atoms with E-state index in [2.05, 4.69) is 18.8 Å². The van der Waals surface area contributed by atoms with Gasteiger partial charge in [-0.05, 0) is 18.9 Å². The van der Waals surface area contributed by atoms with E-state index < -0.39 is 0 Å². The molecule has 15 heavy (non-hydrogen) atoms. The molecular formula is C12H17NO2. The van der Waals surface area contributed by atoms with Crippen LogP contribution in [0, 0.1) is 5.92 Å². The number of aromatic nitrogens is 1. The molecule has 0 amide bonds. The lowest BCUT2D eigenvalue weighted by Crippen LogP contribution is -2.07. The van der Waals surface area contributed by atoms with Crippen molar-refractivity contribution in [3.05, 3.63) is 23.9 Å². The predicted octanol–water partition coefficient (Wildman–Crippen LogP) is 2.25. The topological polar surface area (TPSA) is 39.2 Å². The third kappa shape index (κ3) is 4.58. The van der Waals surface area contributed by atoms with Crippen LogP contribution in [0.1, 0.15) is 26.5 Å². The summed E-state index contributed by atoms with van der Waals surface area (Å²) in [6.45, 7) is 6.37. The summed E-state index contributed by atoms with van der Waals surface area (Å²) >= 11 is 0. The second-order valence-corrected chi connectivity index (χ2v) is 4.05. The Bertz CT molecular complexity index is 334. The van der Waals surface area contributed by atoms with E-state index in [-0.39, 0.29) is 5.78 Å². The van der Waals surface area contributed by atoms with Crippen molar-refractivity contribution in [2.75, 3.05) is 6.61 Å². The van der Waals surface area contributed by atoms with Gasteiger partial charge in [-0.1, -0.05) is 19.9 Å². The first-order valence-electron chi connectivity index (χ1n) is 5.16. The van der Waals surface area contributed by atoms with E-state index in [9.17, 15) is 4.79 Å². The molecule has 3 heteroatoms. The van der Waals surface area contributed by atoms with Gasteiger partial charge in [0, 0.05) is 12.5 Å². The van der Waals surface area contributed by atoms with E-state index in [4.69, 9.17) is 4.74 Å². The van der Waals surface area contributed by atoms with E-state index >= 15 is 0 Å². The SMILES string of the molecule is CC(=O)Cc1cccc(OCC(C)C)n1. The van der Waals surface area contributed by atoms with Crippen LogP contribution in [0.3, 0.4) is 0 Å². The van der Waals surface area contributed by atoms with Gasteiger partial charge in [0.1, 0.15) is 5.78 Å². The maximum Gasteiger partial charge on any atom is 0.213 e. The molecule has 1 rings (SSSR count). The van der Waals surface area contributed by atoms with Crippen LogP contribution in [0.15, 0.2) is 18.2 Å². The largest absolute Gasteiger partial charge is 0.477 e. The van der Waals surface area contributed by atoms with Gasteiger partial charge in [-0.25, -0.2) is 4.98 Å². The lowest BCUT2D eigenvalue weighted by Gasteiger charge is -2.08. The first-order valence-corrected chi connectivity index (χ1v) is 5.16. The highest BCUT2D eigenvalue weighted by Gasteiger charge is 2.02. The molecule has 82 valence electrons. The van der Waals surface area contributed by atoms with Crippen LogP contribution in [-0.2, 0) is 11.2 Å². The van der Waals surface area contributed by atoms with Crippen LogP contribution in [-0.4, -0.2) is 17.4 Å². The molecule has 0 bridgehead atoms. The number of carbonyl (C=O) groups excluding carboxylic acids is 1. The Hall–Kier alpha value is -1.38. The third-order valence-corrected chi connectivity index (χ3v) is 1.78. The minimum absolute atomic E-state index is 0.114. The summed E-state index contributed by atoms with van der Waals surface area (Å²) in [5.74, 6) is 1.19. The fourth-order valence-corrected chi connectivity index (χ4v) is 1.14. The smallest absolute Gasteiger partial charge is 0.213 e. The van der Waals surface area contributed by atoms with Gasteiger partial charge >= 0.3 is 0 Å². The predicted molar refractivity (Wildman–Crippen MR) is 59.0 cm³/mol. The standard InChI is InChI=1S/C12H17NO2/c1-9(2)8-15-12-6-4-5-11(13-12)7-10(3)14/h4-6,9H,7-8H2,1-3H3. The number of hydrogen-bond acceptors (Lipinski definition) is 3. The van der Waals surface area contributed by atoms with Crippen LogP contribution in [0.5, 0.6) is 5.88 Å². The Kier molecular flexibility index (Phi) is 4.28. The van der Waals surface area contributed by atoms with Crippen LogP contribution < -0.4 is 4.74 Å². The van der Waals surface area contributed by atoms with Crippen LogP contribution in [0.4, 0.5) is 0 Å². The Morgan fingerprint density at radius 1 is 1.47 bits per heavy atom. The quantitative estimate of drug-likeness (QED) is 0.743. The molecule has 0 N–H and O–H groups in total. The monoisotopic (exact) mass is 207 g/mol. The van der Waals surface area contributed by atoms with Crippen molar-refractivity contribution >= 4 is 5.78 Å². The summed E-state index contributed by atoms with van der Waals surface area (Å²) in [6, 6.07) is 5.51. The van der Waals surface area contributed by atoms with Crippen molar-refractivity contribution in [2.45, 2.75) is 27.2 Å². The minimum Gasteiger partial charge on any atom is -0.477 e. The van der Waals surface area contributed by atoms with E-state index in [1.54, 1.807) is 6.92 Å². The average molecular weight is 207 g/mol. The molecule has 0 aliphatic heterocycles. The van der Waals surface area contributed by atoms with E-state index in [1.165, 1.54) is 0 Å². The van der Waals surface area contributed by atoms with E-state index in [0.29, 0.717) is 24.8 Å².